The van der Waals surface area contributed by atoms with Gasteiger partial charge < -0.3 is 5.32 Å². The Labute approximate surface area is 112 Å². The van der Waals surface area contributed by atoms with Crippen LogP contribution < -0.4 is 9.88 Å². The zero-order valence-corrected chi connectivity index (χ0v) is 12.0. The Morgan fingerprint density at radius 2 is 1.72 bits per heavy atom. The van der Waals surface area contributed by atoms with Crippen molar-refractivity contribution < 1.29 is 4.57 Å². The number of hydrogen-bond acceptors (Lipinski definition) is 4. The fourth-order valence-corrected chi connectivity index (χ4v) is 1.82. The normalized spacial score (nSPS) is 10.2. The van der Waals surface area contributed by atoms with Crippen LogP contribution >= 0.6 is 11.3 Å². The SMILES string of the molecule is CNC.Cc1ccc(N=Nc2scc[n+]2C)cc1. The Hall–Kier alpha value is -1.59. The van der Waals surface area contributed by atoms with E-state index in [4.69, 9.17) is 0 Å². The Morgan fingerprint density at radius 3 is 2.22 bits per heavy atom. The highest BCUT2D eigenvalue weighted by Crippen LogP contribution is 2.18. The van der Waals surface area contributed by atoms with Crippen LogP contribution in [0, 0.1) is 6.92 Å². The number of aryl methyl sites for hydroxylation is 2. The summed E-state index contributed by atoms with van der Waals surface area (Å²) in [6.07, 6.45) is 1.97. The van der Waals surface area contributed by atoms with Crippen LogP contribution in [0.2, 0.25) is 0 Å². The molecule has 4 nitrogen and oxygen atoms in total. The second-order valence-electron chi connectivity index (χ2n) is 3.83. The molecule has 2 aromatic rings. The molecule has 0 aliphatic heterocycles. The van der Waals surface area contributed by atoms with Crippen LogP contribution in [0.15, 0.2) is 46.1 Å². The van der Waals surface area contributed by atoms with E-state index in [0.29, 0.717) is 0 Å². The van der Waals surface area contributed by atoms with Gasteiger partial charge in [-0.25, -0.2) is 4.57 Å². The van der Waals surface area contributed by atoms with Crippen molar-refractivity contribution in [2.24, 2.45) is 17.3 Å². The van der Waals surface area contributed by atoms with E-state index in [2.05, 4.69) is 22.5 Å². The minimum Gasteiger partial charge on any atom is -0.323 e. The first-order valence-corrected chi connectivity index (χ1v) is 6.55. The summed E-state index contributed by atoms with van der Waals surface area (Å²) in [6.45, 7) is 2.06. The molecule has 0 atom stereocenters. The number of thiazole rings is 1. The molecule has 0 amide bonds. The summed E-state index contributed by atoms with van der Waals surface area (Å²) in [6, 6.07) is 7.99. The summed E-state index contributed by atoms with van der Waals surface area (Å²) < 4.78 is 1.95. The minimum absolute atomic E-state index is 0.883. The summed E-state index contributed by atoms with van der Waals surface area (Å²) in [4.78, 5) is 0. The molecule has 5 heteroatoms. The number of nitrogens with zero attached hydrogens (tertiary/aromatic N) is 3. The number of nitrogens with one attached hydrogen (secondary N) is 1. The first kappa shape index (κ1) is 14.5. The Kier molecular flexibility index (Phi) is 6.18. The van der Waals surface area contributed by atoms with Gasteiger partial charge in [-0.2, -0.15) is 0 Å². The van der Waals surface area contributed by atoms with Crippen molar-refractivity contribution in [3.05, 3.63) is 41.4 Å². The number of azo groups is 1. The predicted molar refractivity (Wildman–Crippen MR) is 75.8 cm³/mol. The van der Waals surface area contributed by atoms with Gasteiger partial charge in [0.25, 0.3) is 0 Å². The van der Waals surface area contributed by atoms with Gasteiger partial charge in [-0.3, -0.25) is 0 Å². The quantitative estimate of drug-likeness (QED) is 0.656. The van der Waals surface area contributed by atoms with Crippen molar-refractivity contribution in [3.8, 4) is 0 Å². The van der Waals surface area contributed by atoms with Crippen molar-refractivity contribution in [1.29, 1.82) is 0 Å². The highest BCUT2D eigenvalue weighted by Gasteiger charge is 2.06. The Morgan fingerprint density at radius 1 is 1.11 bits per heavy atom. The molecule has 0 fully saturated rings. The van der Waals surface area contributed by atoms with E-state index in [-0.39, 0.29) is 0 Å². The lowest BCUT2D eigenvalue weighted by molar-refractivity contribution is -0.654. The van der Waals surface area contributed by atoms with Crippen molar-refractivity contribution in [1.82, 2.24) is 5.32 Å². The van der Waals surface area contributed by atoms with Crippen molar-refractivity contribution >= 4 is 22.2 Å². The molecule has 0 bridgehead atoms. The zero-order chi connectivity index (χ0) is 13.4. The Balaban J connectivity index is 0.000000492. The second kappa shape index (κ2) is 7.68. The molecule has 0 saturated carbocycles. The zero-order valence-electron chi connectivity index (χ0n) is 11.2. The predicted octanol–water partition coefficient (Wildman–Crippen LogP) is 3.13. The fourth-order valence-electron chi connectivity index (χ4n) is 1.14. The maximum atomic E-state index is 4.17. The van der Waals surface area contributed by atoms with E-state index in [1.807, 2.05) is 61.6 Å². The summed E-state index contributed by atoms with van der Waals surface area (Å²) in [7, 11) is 5.71. The number of hydrogen-bond donors (Lipinski definition) is 1. The first-order chi connectivity index (χ1) is 8.67. The molecule has 0 aliphatic carbocycles. The number of aromatic nitrogens is 1. The van der Waals surface area contributed by atoms with Crippen LogP contribution in [-0.2, 0) is 7.05 Å². The lowest BCUT2D eigenvalue weighted by Crippen LogP contribution is -2.23. The third-order valence-electron chi connectivity index (χ3n) is 2.04. The third-order valence-corrected chi connectivity index (χ3v) is 2.88. The molecule has 18 heavy (non-hydrogen) atoms. The van der Waals surface area contributed by atoms with Crippen LogP contribution in [0.25, 0.3) is 0 Å². The largest absolute Gasteiger partial charge is 0.408 e. The van der Waals surface area contributed by atoms with E-state index < -0.39 is 0 Å². The van der Waals surface area contributed by atoms with Crippen LogP contribution in [0.5, 0.6) is 0 Å². The topological polar surface area (TPSA) is 40.6 Å². The minimum atomic E-state index is 0.883. The van der Waals surface area contributed by atoms with Gasteiger partial charge in [0.1, 0.15) is 11.9 Å². The standard InChI is InChI=1S/C11H12N3S.C2H7N/c1-9-3-5-10(6-4-9)12-13-11-14(2)7-8-15-11;1-3-2/h3-8H,1-2H3;3H,1-2H3/q+1;. The van der Waals surface area contributed by atoms with E-state index in [9.17, 15) is 0 Å². The van der Waals surface area contributed by atoms with Gasteiger partial charge in [0.15, 0.2) is 0 Å². The average molecular weight is 263 g/mol. The fraction of sp³-hybridized carbons (Fsp3) is 0.308. The molecule has 96 valence electrons. The Bertz CT molecular complexity index is 488. The molecular formula is C13H19N4S+. The average Bonchev–Trinajstić information content (AvgIpc) is 2.75. The molecule has 1 aromatic carbocycles. The summed E-state index contributed by atoms with van der Waals surface area (Å²) >= 11 is 1.57. The molecule has 0 unspecified atom stereocenters. The molecule has 1 N–H and O–H groups in total. The van der Waals surface area contributed by atoms with Gasteiger partial charge in [-0.05, 0) is 49.6 Å². The third kappa shape index (κ3) is 4.73. The number of benzene rings is 1. The van der Waals surface area contributed by atoms with Gasteiger partial charge in [0, 0.05) is 5.38 Å². The highest BCUT2D eigenvalue weighted by molar-refractivity contribution is 7.12. The van der Waals surface area contributed by atoms with Crippen LogP contribution in [0.1, 0.15) is 5.56 Å². The molecule has 0 saturated heterocycles. The summed E-state index contributed by atoms with van der Waals surface area (Å²) in [5, 5.41) is 14.0. The van der Waals surface area contributed by atoms with Gasteiger partial charge in [0.2, 0.25) is 0 Å². The van der Waals surface area contributed by atoms with Gasteiger partial charge >= 0.3 is 5.13 Å². The molecule has 2 rings (SSSR count). The smallest absolute Gasteiger partial charge is 0.323 e. The molecule has 0 spiro atoms. The van der Waals surface area contributed by atoms with Crippen LogP contribution in [0.4, 0.5) is 10.8 Å². The van der Waals surface area contributed by atoms with Gasteiger partial charge in [-0.15, -0.1) is 0 Å². The molecule has 0 aliphatic rings. The molecule has 1 aromatic heterocycles. The van der Waals surface area contributed by atoms with E-state index in [1.54, 1.807) is 11.3 Å². The molecule has 0 radical (unpaired) electrons. The second-order valence-corrected chi connectivity index (χ2v) is 4.71. The van der Waals surface area contributed by atoms with E-state index in [1.165, 1.54) is 5.56 Å². The van der Waals surface area contributed by atoms with Crippen LogP contribution in [-0.4, -0.2) is 14.1 Å². The van der Waals surface area contributed by atoms with E-state index >= 15 is 0 Å². The van der Waals surface area contributed by atoms with Gasteiger partial charge in [-0.1, -0.05) is 17.7 Å². The van der Waals surface area contributed by atoms with Gasteiger partial charge in [0.05, 0.1) is 12.2 Å². The number of rotatable bonds is 2. The molecule has 1 heterocycles. The summed E-state index contributed by atoms with van der Waals surface area (Å²) in [5.41, 5.74) is 2.12. The summed E-state index contributed by atoms with van der Waals surface area (Å²) in [5.74, 6) is 0. The molecular weight excluding hydrogens is 244 g/mol. The van der Waals surface area contributed by atoms with Crippen molar-refractivity contribution in [2.75, 3.05) is 14.1 Å². The lowest BCUT2D eigenvalue weighted by atomic mass is 10.2. The van der Waals surface area contributed by atoms with Crippen molar-refractivity contribution in [3.63, 3.8) is 0 Å². The first-order valence-electron chi connectivity index (χ1n) is 5.67. The van der Waals surface area contributed by atoms with E-state index in [0.717, 1.165) is 10.8 Å². The maximum Gasteiger partial charge on any atom is 0.408 e. The van der Waals surface area contributed by atoms with Crippen LogP contribution in [0.3, 0.4) is 0 Å². The lowest BCUT2D eigenvalue weighted by Gasteiger charge is -1.89. The maximum absolute atomic E-state index is 4.17. The monoisotopic (exact) mass is 263 g/mol. The highest BCUT2D eigenvalue weighted by atomic mass is 32.1. The van der Waals surface area contributed by atoms with Crippen molar-refractivity contribution in [2.45, 2.75) is 6.92 Å².